The van der Waals surface area contributed by atoms with E-state index in [0.29, 0.717) is 12.1 Å². The van der Waals surface area contributed by atoms with Gasteiger partial charge in [0.05, 0.1) is 12.7 Å². The summed E-state index contributed by atoms with van der Waals surface area (Å²) in [6.07, 6.45) is 6.39. The van der Waals surface area contributed by atoms with Crippen molar-refractivity contribution in [3.63, 3.8) is 0 Å². The van der Waals surface area contributed by atoms with Gasteiger partial charge >= 0.3 is 0 Å². The second-order valence-electron chi connectivity index (χ2n) is 5.18. The van der Waals surface area contributed by atoms with Crippen LogP contribution in [0.25, 0.3) is 0 Å². The summed E-state index contributed by atoms with van der Waals surface area (Å²) in [5.41, 5.74) is 0. The molecule has 0 atom stereocenters. The minimum Gasteiger partial charge on any atom is -0.494 e. The van der Waals surface area contributed by atoms with E-state index in [1.165, 1.54) is 25.7 Å². The molecule has 0 saturated heterocycles. The molecule has 1 aliphatic carbocycles. The van der Waals surface area contributed by atoms with Gasteiger partial charge in [-0.15, -0.1) is 0 Å². The Morgan fingerprint density at radius 1 is 1.11 bits per heavy atom. The fourth-order valence-electron chi connectivity index (χ4n) is 2.59. The molecule has 3 heteroatoms. The molecule has 1 aromatic rings. The molecule has 106 valence electrons. The average molecular weight is 263 g/mol. The van der Waals surface area contributed by atoms with Crippen LogP contribution in [0.15, 0.2) is 30.3 Å². The predicted molar refractivity (Wildman–Crippen MR) is 77.6 cm³/mol. The van der Waals surface area contributed by atoms with Crippen LogP contribution >= 0.6 is 0 Å². The number of benzene rings is 1. The van der Waals surface area contributed by atoms with Gasteiger partial charge < -0.3 is 14.8 Å². The highest BCUT2D eigenvalue weighted by molar-refractivity contribution is 5.20. The summed E-state index contributed by atoms with van der Waals surface area (Å²) < 4.78 is 11.1. The van der Waals surface area contributed by atoms with E-state index >= 15 is 0 Å². The van der Waals surface area contributed by atoms with Crippen molar-refractivity contribution in [2.24, 2.45) is 0 Å². The van der Waals surface area contributed by atoms with Crippen LogP contribution in [0.5, 0.6) is 5.75 Å². The maximum atomic E-state index is 5.67. The number of nitrogens with one attached hydrogen (secondary N) is 1. The lowest BCUT2D eigenvalue weighted by Crippen LogP contribution is -2.36. The van der Waals surface area contributed by atoms with Gasteiger partial charge in [0.2, 0.25) is 0 Å². The van der Waals surface area contributed by atoms with Gasteiger partial charge in [-0.2, -0.15) is 0 Å². The Balaban J connectivity index is 1.51. The van der Waals surface area contributed by atoms with Gasteiger partial charge in [0.25, 0.3) is 0 Å². The van der Waals surface area contributed by atoms with E-state index in [2.05, 4.69) is 5.32 Å². The van der Waals surface area contributed by atoms with Crippen molar-refractivity contribution >= 4 is 0 Å². The molecular formula is C16H25NO2. The van der Waals surface area contributed by atoms with Crippen LogP contribution in [0.3, 0.4) is 0 Å². The second-order valence-corrected chi connectivity index (χ2v) is 5.18. The Hall–Kier alpha value is -1.06. The number of para-hydroxylation sites is 1. The maximum absolute atomic E-state index is 5.67. The number of hydrogen-bond acceptors (Lipinski definition) is 3. The smallest absolute Gasteiger partial charge is 0.119 e. The van der Waals surface area contributed by atoms with Gasteiger partial charge in [-0.05, 0) is 50.8 Å². The van der Waals surface area contributed by atoms with Crippen molar-refractivity contribution in [3.8, 4) is 5.75 Å². The molecule has 2 rings (SSSR count). The molecule has 0 unspecified atom stereocenters. The summed E-state index contributed by atoms with van der Waals surface area (Å²) in [4.78, 5) is 0. The predicted octanol–water partition coefficient (Wildman–Crippen LogP) is 3.00. The van der Waals surface area contributed by atoms with E-state index in [1.54, 1.807) is 0 Å². The van der Waals surface area contributed by atoms with Crippen LogP contribution in [-0.4, -0.2) is 32.4 Å². The molecule has 1 fully saturated rings. The number of methoxy groups -OCH3 is 1. The molecule has 1 aliphatic rings. The van der Waals surface area contributed by atoms with Crippen LogP contribution < -0.4 is 10.1 Å². The van der Waals surface area contributed by atoms with Gasteiger partial charge in [0.1, 0.15) is 5.75 Å². The SMILES string of the molecule is COC1CCC(NCCCOc2ccccc2)CC1. The van der Waals surface area contributed by atoms with Crippen molar-refractivity contribution in [3.05, 3.63) is 30.3 Å². The minimum atomic E-state index is 0.486. The Bertz CT molecular complexity index is 334. The molecule has 1 aromatic carbocycles. The molecule has 0 aromatic heterocycles. The van der Waals surface area contributed by atoms with Crippen LogP contribution in [0.1, 0.15) is 32.1 Å². The first-order valence-corrected chi connectivity index (χ1v) is 7.32. The Morgan fingerprint density at radius 3 is 2.53 bits per heavy atom. The topological polar surface area (TPSA) is 30.5 Å². The van der Waals surface area contributed by atoms with Crippen molar-refractivity contribution in [1.29, 1.82) is 0 Å². The zero-order chi connectivity index (χ0) is 13.3. The quantitative estimate of drug-likeness (QED) is 0.767. The first kappa shape index (κ1) is 14.4. The lowest BCUT2D eigenvalue weighted by molar-refractivity contribution is 0.0624. The number of ether oxygens (including phenoxy) is 2. The van der Waals surface area contributed by atoms with E-state index in [1.807, 2.05) is 37.4 Å². The molecule has 0 spiro atoms. The molecule has 1 N–H and O–H groups in total. The van der Waals surface area contributed by atoms with Crippen LogP contribution in [0.4, 0.5) is 0 Å². The molecule has 19 heavy (non-hydrogen) atoms. The van der Waals surface area contributed by atoms with E-state index < -0.39 is 0 Å². The largest absolute Gasteiger partial charge is 0.494 e. The van der Waals surface area contributed by atoms with E-state index in [0.717, 1.165) is 25.3 Å². The first-order chi connectivity index (χ1) is 9.38. The Kier molecular flexibility index (Phi) is 6.18. The summed E-state index contributed by atoms with van der Waals surface area (Å²) in [6.45, 7) is 1.82. The third-order valence-corrected chi connectivity index (χ3v) is 3.77. The van der Waals surface area contributed by atoms with Crippen molar-refractivity contribution in [2.75, 3.05) is 20.3 Å². The fraction of sp³-hybridized carbons (Fsp3) is 0.625. The summed E-state index contributed by atoms with van der Waals surface area (Å²) in [6, 6.07) is 10.7. The highest BCUT2D eigenvalue weighted by Gasteiger charge is 2.19. The zero-order valence-corrected chi connectivity index (χ0v) is 11.8. The van der Waals surface area contributed by atoms with Gasteiger partial charge in [-0.3, -0.25) is 0 Å². The summed E-state index contributed by atoms with van der Waals surface area (Å²) >= 11 is 0. The maximum Gasteiger partial charge on any atom is 0.119 e. The monoisotopic (exact) mass is 263 g/mol. The van der Waals surface area contributed by atoms with Gasteiger partial charge in [0, 0.05) is 13.2 Å². The lowest BCUT2D eigenvalue weighted by Gasteiger charge is -2.28. The Morgan fingerprint density at radius 2 is 1.84 bits per heavy atom. The van der Waals surface area contributed by atoms with E-state index in [4.69, 9.17) is 9.47 Å². The fourth-order valence-corrected chi connectivity index (χ4v) is 2.59. The molecule has 3 nitrogen and oxygen atoms in total. The average Bonchev–Trinajstić information content (AvgIpc) is 2.49. The van der Waals surface area contributed by atoms with Crippen molar-refractivity contribution < 1.29 is 9.47 Å². The Labute approximate surface area is 116 Å². The second kappa shape index (κ2) is 8.18. The third-order valence-electron chi connectivity index (χ3n) is 3.77. The standard InChI is InChI=1S/C16H25NO2/c1-18-15-10-8-14(9-11-15)17-12-5-13-19-16-6-3-2-4-7-16/h2-4,6-7,14-15,17H,5,8-13H2,1H3. The molecule has 0 amide bonds. The first-order valence-electron chi connectivity index (χ1n) is 7.32. The molecule has 1 saturated carbocycles. The summed E-state index contributed by atoms with van der Waals surface area (Å²) in [5, 5.41) is 3.62. The minimum absolute atomic E-state index is 0.486. The summed E-state index contributed by atoms with van der Waals surface area (Å²) in [7, 11) is 1.82. The zero-order valence-electron chi connectivity index (χ0n) is 11.8. The van der Waals surface area contributed by atoms with Crippen LogP contribution in [-0.2, 0) is 4.74 Å². The van der Waals surface area contributed by atoms with Crippen LogP contribution in [0.2, 0.25) is 0 Å². The van der Waals surface area contributed by atoms with Gasteiger partial charge in [-0.25, -0.2) is 0 Å². The van der Waals surface area contributed by atoms with E-state index in [-0.39, 0.29) is 0 Å². The van der Waals surface area contributed by atoms with Crippen molar-refractivity contribution in [2.45, 2.75) is 44.2 Å². The molecule has 0 bridgehead atoms. The molecule has 0 radical (unpaired) electrons. The number of hydrogen-bond donors (Lipinski definition) is 1. The third kappa shape index (κ3) is 5.21. The van der Waals surface area contributed by atoms with Crippen molar-refractivity contribution in [1.82, 2.24) is 5.32 Å². The van der Waals surface area contributed by atoms with E-state index in [9.17, 15) is 0 Å². The van der Waals surface area contributed by atoms with Crippen LogP contribution in [0, 0.1) is 0 Å². The number of rotatable bonds is 7. The molecular weight excluding hydrogens is 238 g/mol. The summed E-state index contributed by atoms with van der Waals surface area (Å²) in [5.74, 6) is 0.961. The highest BCUT2D eigenvalue weighted by Crippen LogP contribution is 2.20. The van der Waals surface area contributed by atoms with Gasteiger partial charge in [-0.1, -0.05) is 18.2 Å². The highest BCUT2D eigenvalue weighted by atomic mass is 16.5. The molecule has 0 heterocycles. The normalized spacial score (nSPS) is 23.2. The van der Waals surface area contributed by atoms with Gasteiger partial charge in [0.15, 0.2) is 0 Å². The molecule has 0 aliphatic heterocycles. The lowest BCUT2D eigenvalue weighted by atomic mass is 9.93.